The van der Waals surface area contributed by atoms with Crippen molar-refractivity contribution in [1.82, 2.24) is 0 Å². The van der Waals surface area contributed by atoms with Crippen molar-refractivity contribution in [2.45, 2.75) is 25.2 Å². The van der Waals surface area contributed by atoms with Crippen molar-refractivity contribution in [2.75, 3.05) is 7.11 Å². The lowest BCUT2D eigenvalue weighted by molar-refractivity contribution is -0.141. The molecule has 5 nitrogen and oxygen atoms in total. The van der Waals surface area contributed by atoms with Crippen molar-refractivity contribution in [3.05, 3.63) is 29.8 Å². The van der Waals surface area contributed by atoms with E-state index in [0.29, 0.717) is 11.3 Å². The van der Waals surface area contributed by atoms with Crippen LogP contribution in [0.4, 0.5) is 0 Å². The van der Waals surface area contributed by atoms with Gasteiger partial charge in [0.15, 0.2) is 0 Å². The minimum Gasteiger partial charge on any atom is -0.497 e. The molecule has 0 unspecified atom stereocenters. The zero-order valence-corrected chi connectivity index (χ0v) is 10.3. The largest absolute Gasteiger partial charge is 0.497 e. The number of rotatable bonds is 6. The number of methoxy groups -OCH3 is 1. The van der Waals surface area contributed by atoms with Crippen molar-refractivity contribution < 1.29 is 24.5 Å². The second-order valence-corrected chi connectivity index (χ2v) is 4.43. The highest BCUT2D eigenvalue weighted by molar-refractivity contribution is 5.74. The van der Waals surface area contributed by atoms with Crippen molar-refractivity contribution in [2.24, 2.45) is 0 Å². The molecule has 0 aliphatic rings. The van der Waals surface area contributed by atoms with Crippen LogP contribution in [0.25, 0.3) is 0 Å². The Bertz CT molecular complexity index is 436. The zero-order chi connectivity index (χ0) is 13.8. The molecule has 0 radical (unpaired) electrons. The fourth-order valence-electron chi connectivity index (χ4n) is 1.93. The predicted octanol–water partition coefficient (Wildman–Crippen LogP) is 1.90. The highest BCUT2D eigenvalue weighted by Crippen LogP contribution is 2.33. The standard InChI is InChI=1S/C13H16O5/c1-13(7-11(14)15,8-12(16)17)9-4-3-5-10(6-9)18-2/h3-6H,7-8H2,1-2H3,(H,14,15)(H,16,17). The molecule has 0 fully saturated rings. The molecule has 0 aliphatic carbocycles. The SMILES string of the molecule is COc1cccc(C(C)(CC(=O)O)CC(=O)O)c1. The number of hydrogen-bond acceptors (Lipinski definition) is 3. The molecule has 0 saturated carbocycles. The maximum atomic E-state index is 10.9. The van der Waals surface area contributed by atoms with Crippen molar-refractivity contribution in [3.8, 4) is 5.75 Å². The van der Waals surface area contributed by atoms with Crippen LogP contribution < -0.4 is 4.74 Å². The summed E-state index contributed by atoms with van der Waals surface area (Å²) in [6.07, 6.45) is -0.487. The fraction of sp³-hybridized carbons (Fsp3) is 0.385. The molecule has 1 rings (SSSR count). The van der Waals surface area contributed by atoms with Crippen molar-refractivity contribution >= 4 is 11.9 Å². The van der Waals surface area contributed by atoms with E-state index in [0.717, 1.165) is 0 Å². The summed E-state index contributed by atoms with van der Waals surface area (Å²) in [6, 6.07) is 6.84. The molecular weight excluding hydrogens is 236 g/mol. The predicted molar refractivity (Wildman–Crippen MR) is 64.9 cm³/mol. The van der Waals surface area contributed by atoms with Crippen LogP contribution in [0.2, 0.25) is 0 Å². The highest BCUT2D eigenvalue weighted by Gasteiger charge is 2.32. The van der Waals surface area contributed by atoms with Gasteiger partial charge < -0.3 is 14.9 Å². The van der Waals surface area contributed by atoms with E-state index in [9.17, 15) is 9.59 Å². The number of hydrogen-bond donors (Lipinski definition) is 2. The van der Waals surface area contributed by atoms with Gasteiger partial charge in [-0.15, -0.1) is 0 Å². The molecule has 5 heteroatoms. The summed E-state index contributed by atoms with van der Waals surface area (Å²) >= 11 is 0. The third kappa shape index (κ3) is 3.48. The van der Waals surface area contributed by atoms with E-state index in [1.165, 1.54) is 7.11 Å². The fourth-order valence-corrected chi connectivity index (χ4v) is 1.93. The van der Waals surface area contributed by atoms with Crippen LogP contribution in [0, 0.1) is 0 Å². The summed E-state index contributed by atoms with van der Waals surface area (Å²) in [5, 5.41) is 17.9. The van der Waals surface area contributed by atoms with Gasteiger partial charge in [-0.1, -0.05) is 19.1 Å². The first-order chi connectivity index (χ1) is 8.37. The summed E-state index contributed by atoms with van der Waals surface area (Å²) < 4.78 is 5.07. The van der Waals surface area contributed by atoms with Gasteiger partial charge in [0.05, 0.1) is 20.0 Å². The Hall–Kier alpha value is -2.04. The van der Waals surface area contributed by atoms with E-state index in [2.05, 4.69) is 0 Å². The molecule has 1 aromatic rings. The monoisotopic (exact) mass is 252 g/mol. The smallest absolute Gasteiger partial charge is 0.304 e. The van der Waals surface area contributed by atoms with Gasteiger partial charge >= 0.3 is 11.9 Å². The van der Waals surface area contributed by atoms with Crippen LogP contribution in [0.15, 0.2) is 24.3 Å². The molecular formula is C13H16O5. The molecule has 1 aromatic carbocycles. The van der Waals surface area contributed by atoms with Gasteiger partial charge in [-0.05, 0) is 17.7 Å². The quantitative estimate of drug-likeness (QED) is 0.807. The number of carboxylic acids is 2. The zero-order valence-electron chi connectivity index (χ0n) is 10.3. The molecule has 18 heavy (non-hydrogen) atoms. The van der Waals surface area contributed by atoms with Crippen LogP contribution in [-0.4, -0.2) is 29.3 Å². The van der Waals surface area contributed by atoms with Gasteiger partial charge in [0.25, 0.3) is 0 Å². The minimum atomic E-state index is -1.03. The van der Waals surface area contributed by atoms with Gasteiger partial charge in [-0.2, -0.15) is 0 Å². The lowest BCUT2D eigenvalue weighted by Gasteiger charge is -2.27. The summed E-state index contributed by atoms with van der Waals surface area (Å²) in [6.45, 7) is 1.63. The molecule has 0 saturated heterocycles. The first kappa shape index (κ1) is 14.0. The summed E-state index contributed by atoms with van der Waals surface area (Å²) in [4.78, 5) is 21.8. The second kappa shape index (κ2) is 5.53. The van der Waals surface area contributed by atoms with E-state index in [4.69, 9.17) is 14.9 Å². The first-order valence-electron chi connectivity index (χ1n) is 5.45. The summed E-state index contributed by atoms with van der Waals surface area (Å²) in [7, 11) is 1.50. The number of aliphatic carboxylic acids is 2. The first-order valence-corrected chi connectivity index (χ1v) is 5.45. The Kier molecular flexibility index (Phi) is 4.31. The molecule has 0 heterocycles. The molecule has 0 bridgehead atoms. The average molecular weight is 252 g/mol. The minimum absolute atomic E-state index is 0.244. The van der Waals surface area contributed by atoms with Crippen molar-refractivity contribution in [1.29, 1.82) is 0 Å². The maximum absolute atomic E-state index is 10.9. The Morgan fingerprint density at radius 1 is 1.22 bits per heavy atom. The molecule has 0 atom stereocenters. The topological polar surface area (TPSA) is 83.8 Å². The molecule has 0 aliphatic heterocycles. The lowest BCUT2D eigenvalue weighted by atomic mass is 9.76. The van der Waals surface area contributed by atoms with Crippen molar-refractivity contribution in [3.63, 3.8) is 0 Å². The molecule has 98 valence electrons. The van der Waals surface area contributed by atoms with Gasteiger partial charge in [0.2, 0.25) is 0 Å². The van der Waals surface area contributed by atoms with E-state index in [1.54, 1.807) is 31.2 Å². The van der Waals surface area contributed by atoms with E-state index < -0.39 is 17.4 Å². The normalized spacial score (nSPS) is 11.0. The molecule has 2 N–H and O–H groups in total. The maximum Gasteiger partial charge on any atom is 0.304 e. The van der Waals surface area contributed by atoms with Gasteiger partial charge in [-0.25, -0.2) is 0 Å². The highest BCUT2D eigenvalue weighted by atomic mass is 16.5. The lowest BCUT2D eigenvalue weighted by Crippen LogP contribution is -2.29. The van der Waals surface area contributed by atoms with Gasteiger partial charge in [-0.3, -0.25) is 9.59 Å². The van der Waals surface area contributed by atoms with E-state index >= 15 is 0 Å². The third-order valence-electron chi connectivity index (χ3n) is 2.85. The van der Waals surface area contributed by atoms with Gasteiger partial charge in [0.1, 0.15) is 5.75 Å². The van der Waals surface area contributed by atoms with E-state index in [-0.39, 0.29) is 12.8 Å². The van der Waals surface area contributed by atoms with Gasteiger partial charge in [0, 0.05) is 5.41 Å². The summed E-state index contributed by atoms with van der Waals surface area (Å²) in [5.74, 6) is -1.47. The molecule has 0 aromatic heterocycles. The Labute approximate surface area is 105 Å². The van der Waals surface area contributed by atoms with Crippen LogP contribution in [0.5, 0.6) is 5.75 Å². The number of carboxylic acid groups (broad SMARTS) is 2. The van der Waals surface area contributed by atoms with Crippen LogP contribution in [0.1, 0.15) is 25.3 Å². The number of benzene rings is 1. The number of carbonyl (C=O) groups is 2. The number of ether oxygens (including phenoxy) is 1. The average Bonchev–Trinajstić information content (AvgIpc) is 2.27. The van der Waals surface area contributed by atoms with Crippen LogP contribution in [-0.2, 0) is 15.0 Å². The summed E-state index contributed by atoms with van der Waals surface area (Å²) in [5.41, 5.74) is -0.307. The molecule has 0 amide bonds. The second-order valence-electron chi connectivity index (χ2n) is 4.43. The van der Waals surface area contributed by atoms with Crippen LogP contribution in [0.3, 0.4) is 0 Å². The van der Waals surface area contributed by atoms with E-state index in [1.807, 2.05) is 0 Å². The Balaban J connectivity index is 3.15. The molecule has 0 spiro atoms. The Morgan fingerprint density at radius 2 is 1.78 bits per heavy atom. The van der Waals surface area contributed by atoms with Crippen LogP contribution >= 0.6 is 0 Å². The third-order valence-corrected chi connectivity index (χ3v) is 2.85. The Morgan fingerprint density at radius 3 is 2.22 bits per heavy atom.